The molecule has 0 spiro atoms. The van der Waals surface area contributed by atoms with E-state index in [0.717, 1.165) is 5.56 Å². The zero-order valence-electron chi connectivity index (χ0n) is 14.3. The standard InChI is InChI=1S/C16H19F3N2O3S2/c1-5-14(20-24-10-12(4)25-6-2)13-9-11(3)7-8-15(13)21-26(22,23)16(17,18)19/h6-9,21H,2,4-5,10H2,1,3H3/b20-14+. The van der Waals surface area contributed by atoms with Crippen LogP contribution in [0.4, 0.5) is 18.9 Å². The summed E-state index contributed by atoms with van der Waals surface area (Å²) in [6.45, 7) is 10.8. The Kier molecular flexibility index (Phi) is 7.76. The first-order valence-electron chi connectivity index (χ1n) is 7.36. The van der Waals surface area contributed by atoms with Gasteiger partial charge in [-0.25, -0.2) is 0 Å². The summed E-state index contributed by atoms with van der Waals surface area (Å²) >= 11 is 1.26. The number of alkyl halides is 3. The quantitative estimate of drug-likeness (QED) is 0.472. The molecule has 0 aliphatic rings. The molecule has 0 saturated carbocycles. The molecular weight excluding hydrogens is 389 g/mol. The highest BCUT2D eigenvalue weighted by molar-refractivity contribution is 8.05. The average Bonchev–Trinajstić information content (AvgIpc) is 2.52. The fourth-order valence-corrected chi connectivity index (χ4v) is 2.77. The zero-order valence-corrected chi connectivity index (χ0v) is 15.9. The van der Waals surface area contributed by atoms with Crippen LogP contribution in [0.2, 0.25) is 0 Å². The van der Waals surface area contributed by atoms with Gasteiger partial charge in [-0.2, -0.15) is 21.6 Å². The van der Waals surface area contributed by atoms with E-state index in [0.29, 0.717) is 17.0 Å². The van der Waals surface area contributed by atoms with E-state index in [-0.39, 0.29) is 17.9 Å². The van der Waals surface area contributed by atoms with Gasteiger partial charge in [0.2, 0.25) is 0 Å². The highest BCUT2D eigenvalue weighted by Gasteiger charge is 2.46. The molecule has 0 unspecified atom stereocenters. The number of oxime groups is 1. The molecule has 0 atom stereocenters. The van der Waals surface area contributed by atoms with Crippen molar-refractivity contribution in [3.05, 3.63) is 52.8 Å². The second-order valence-electron chi connectivity index (χ2n) is 5.09. The van der Waals surface area contributed by atoms with Crippen molar-refractivity contribution in [1.82, 2.24) is 0 Å². The second-order valence-corrected chi connectivity index (χ2v) is 7.91. The van der Waals surface area contributed by atoms with Crippen LogP contribution < -0.4 is 4.72 Å². The van der Waals surface area contributed by atoms with Crippen LogP contribution in [0.15, 0.2) is 46.8 Å². The SMILES string of the molecule is C=CSC(=C)CO/N=C(\CC)c1cc(C)ccc1NS(=O)(=O)C(F)(F)F. The van der Waals surface area contributed by atoms with Crippen LogP contribution in [0.25, 0.3) is 0 Å². The van der Waals surface area contributed by atoms with E-state index in [2.05, 4.69) is 18.3 Å². The summed E-state index contributed by atoms with van der Waals surface area (Å²) in [5.41, 5.74) is -4.42. The molecule has 10 heteroatoms. The lowest BCUT2D eigenvalue weighted by atomic mass is 10.0. The number of halogens is 3. The molecular formula is C16H19F3N2O3S2. The molecule has 0 aliphatic carbocycles. The fourth-order valence-electron chi connectivity index (χ4n) is 1.83. The predicted octanol–water partition coefficient (Wildman–Crippen LogP) is 4.78. The van der Waals surface area contributed by atoms with E-state index in [4.69, 9.17) is 4.84 Å². The van der Waals surface area contributed by atoms with Gasteiger partial charge in [0.05, 0.1) is 11.4 Å². The van der Waals surface area contributed by atoms with E-state index < -0.39 is 15.5 Å². The Morgan fingerprint density at radius 1 is 1.42 bits per heavy atom. The molecule has 5 nitrogen and oxygen atoms in total. The topological polar surface area (TPSA) is 67.8 Å². The van der Waals surface area contributed by atoms with E-state index in [1.807, 2.05) is 0 Å². The minimum Gasteiger partial charge on any atom is -0.390 e. The molecule has 0 saturated heterocycles. The molecule has 0 fully saturated rings. The van der Waals surface area contributed by atoms with Crippen molar-refractivity contribution in [1.29, 1.82) is 0 Å². The largest absolute Gasteiger partial charge is 0.516 e. The molecule has 1 aromatic rings. The monoisotopic (exact) mass is 408 g/mol. The first-order chi connectivity index (χ1) is 12.0. The van der Waals surface area contributed by atoms with Crippen LogP contribution in [0.5, 0.6) is 0 Å². The van der Waals surface area contributed by atoms with Gasteiger partial charge < -0.3 is 4.84 Å². The molecule has 1 aromatic carbocycles. The third-order valence-corrected chi connectivity index (χ3v) is 4.74. The van der Waals surface area contributed by atoms with E-state index in [1.54, 1.807) is 24.0 Å². The van der Waals surface area contributed by atoms with Crippen molar-refractivity contribution < 1.29 is 26.4 Å². The molecule has 26 heavy (non-hydrogen) atoms. The molecule has 0 bridgehead atoms. The van der Waals surface area contributed by atoms with Gasteiger partial charge in [0, 0.05) is 10.5 Å². The maximum atomic E-state index is 12.7. The number of nitrogens with one attached hydrogen (secondary N) is 1. The number of rotatable bonds is 9. The van der Waals surface area contributed by atoms with Gasteiger partial charge in [-0.3, -0.25) is 4.72 Å². The van der Waals surface area contributed by atoms with Gasteiger partial charge >= 0.3 is 15.5 Å². The van der Waals surface area contributed by atoms with Gasteiger partial charge in [0.15, 0.2) is 0 Å². The van der Waals surface area contributed by atoms with Crippen LogP contribution >= 0.6 is 11.8 Å². The number of nitrogens with zero attached hydrogens (tertiary/aromatic N) is 1. The van der Waals surface area contributed by atoms with Crippen molar-refractivity contribution in [3.63, 3.8) is 0 Å². The second kappa shape index (κ2) is 9.13. The van der Waals surface area contributed by atoms with Crippen LogP contribution in [0, 0.1) is 6.92 Å². The van der Waals surface area contributed by atoms with Crippen molar-refractivity contribution >= 4 is 33.2 Å². The Balaban J connectivity index is 3.18. The number of anilines is 1. The van der Waals surface area contributed by atoms with Crippen LogP contribution in [-0.4, -0.2) is 26.2 Å². The Morgan fingerprint density at radius 3 is 2.62 bits per heavy atom. The zero-order chi connectivity index (χ0) is 20.0. The Bertz CT molecular complexity index is 803. The first-order valence-corrected chi connectivity index (χ1v) is 9.72. The number of hydrogen-bond donors (Lipinski definition) is 1. The average molecular weight is 408 g/mol. The molecule has 0 aliphatic heterocycles. The van der Waals surface area contributed by atoms with Gasteiger partial charge in [0.25, 0.3) is 0 Å². The summed E-state index contributed by atoms with van der Waals surface area (Å²) in [4.78, 5) is 5.81. The minimum atomic E-state index is -5.54. The van der Waals surface area contributed by atoms with E-state index in [1.165, 1.54) is 30.0 Å². The first kappa shape index (κ1) is 22.1. The van der Waals surface area contributed by atoms with E-state index in [9.17, 15) is 21.6 Å². The van der Waals surface area contributed by atoms with Crippen molar-refractivity contribution in [2.45, 2.75) is 25.8 Å². The molecule has 144 valence electrons. The fraction of sp³-hybridized carbons (Fsp3) is 0.312. The van der Waals surface area contributed by atoms with Crippen molar-refractivity contribution in [2.24, 2.45) is 5.16 Å². The molecule has 0 amide bonds. The van der Waals surface area contributed by atoms with Gasteiger partial charge in [-0.15, -0.1) is 11.8 Å². The summed E-state index contributed by atoms with van der Waals surface area (Å²) in [6, 6.07) is 4.29. The maximum Gasteiger partial charge on any atom is 0.516 e. The molecule has 0 heterocycles. The number of hydrogen-bond acceptors (Lipinski definition) is 5. The van der Waals surface area contributed by atoms with Crippen LogP contribution in [0.3, 0.4) is 0 Å². The molecule has 1 N–H and O–H groups in total. The van der Waals surface area contributed by atoms with Gasteiger partial charge in [-0.1, -0.05) is 36.9 Å². The van der Waals surface area contributed by atoms with Crippen molar-refractivity contribution in [2.75, 3.05) is 11.3 Å². The maximum absolute atomic E-state index is 12.7. The minimum absolute atomic E-state index is 0.0790. The van der Waals surface area contributed by atoms with Crippen LogP contribution in [0.1, 0.15) is 24.5 Å². The summed E-state index contributed by atoms with van der Waals surface area (Å²) in [5.74, 6) is 0. The number of benzene rings is 1. The molecule has 0 radical (unpaired) electrons. The molecule has 0 aromatic heterocycles. The summed E-state index contributed by atoms with van der Waals surface area (Å²) in [6.07, 6.45) is 0.311. The summed E-state index contributed by atoms with van der Waals surface area (Å²) in [7, 11) is -5.54. The predicted molar refractivity (Wildman–Crippen MR) is 99.5 cm³/mol. The third-order valence-electron chi connectivity index (χ3n) is 3.02. The lowest BCUT2D eigenvalue weighted by molar-refractivity contribution is -0.0429. The molecule has 1 rings (SSSR count). The lowest BCUT2D eigenvalue weighted by Gasteiger charge is -2.15. The number of sulfonamides is 1. The summed E-state index contributed by atoms with van der Waals surface area (Å²) in [5, 5.41) is 5.49. The van der Waals surface area contributed by atoms with Gasteiger partial charge in [0.1, 0.15) is 6.61 Å². The Labute approximate surface area is 155 Å². The number of aryl methyl sites for hydroxylation is 1. The Morgan fingerprint density at radius 2 is 2.08 bits per heavy atom. The highest BCUT2D eigenvalue weighted by Crippen LogP contribution is 2.28. The summed E-state index contributed by atoms with van der Waals surface area (Å²) < 4.78 is 62.3. The van der Waals surface area contributed by atoms with Crippen molar-refractivity contribution in [3.8, 4) is 0 Å². The third kappa shape index (κ3) is 6.10. The number of thioether (sulfide) groups is 1. The van der Waals surface area contributed by atoms with Gasteiger partial charge in [-0.05, 0) is 30.9 Å². The normalized spacial score (nSPS) is 12.6. The van der Waals surface area contributed by atoms with Crippen LogP contribution in [-0.2, 0) is 14.9 Å². The lowest BCUT2D eigenvalue weighted by Crippen LogP contribution is -2.30. The highest BCUT2D eigenvalue weighted by atomic mass is 32.2. The van der Waals surface area contributed by atoms with E-state index >= 15 is 0 Å². The Hall–Kier alpha value is -1.94. The smallest absolute Gasteiger partial charge is 0.390 e.